The van der Waals surface area contributed by atoms with Gasteiger partial charge in [-0.3, -0.25) is 14.5 Å². The Hall–Kier alpha value is -1.10. The first-order valence-electron chi connectivity index (χ1n) is 8.18. The van der Waals surface area contributed by atoms with Crippen LogP contribution in [0.25, 0.3) is 0 Å². The van der Waals surface area contributed by atoms with Gasteiger partial charge in [-0.25, -0.2) is 0 Å². The Morgan fingerprint density at radius 2 is 1.81 bits per heavy atom. The highest BCUT2D eigenvalue weighted by Gasteiger charge is 2.37. The maximum Gasteiger partial charge on any atom is 0.320 e. The Morgan fingerprint density at radius 3 is 2.33 bits per heavy atom. The van der Waals surface area contributed by atoms with Crippen LogP contribution in [0.15, 0.2) is 0 Å². The van der Waals surface area contributed by atoms with E-state index in [4.69, 9.17) is 4.74 Å². The van der Waals surface area contributed by atoms with E-state index in [9.17, 15) is 9.59 Å². The Kier molecular flexibility index (Phi) is 5.62. The first kappa shape index (κ1) is 16.3. The molecule has 0 saturated carbocycles. The second-order valence-electron chi connectivity index (χ2n) is 6.60. The van der Waals surface area contributed by atoms with Crippen LogP contribution in [-0.2, 0) is 14.3 Å². The van der Waals surface area contributed by atoms with Crippen molar-refractivity contribution in [2.45, 2.75) is 33.6 Å². The Morgan fingerprint density at radius 1 is 1.19 bits per heavy atom. The van der Waals surface area contributed by atoms with Gasteiger partial charge in [-0.05, 0) is 31.6 Å². The van der Waals surface area contributed by atoms with Gasteiger partial charge in [0.15, 0.2) is 0 Å². The zero-order valence-electron chi connectivity index (χ0n) is 13.5. The highest BCUT2D eigenvalue weighted by molar-refractivity contribution is 5.81. The lowest BCUT2D eigenvalue weighted by atomic mass is 9.86. The Bertz CT molecular complexity index is 370. The van der Waals surface area contributed by atoms with Crippen LogP contribution in [0.1, 0.15) is 33.6 Å². The van der Waals surface area contributed by atoms with Gasteiger partial charge < -0.3 is 9.64 Å². The number of hydrogen-bond acceptors (Lipinski definition) is 4. The van der Waals surface area contributed by atoms with Crippen LogP contribution in [0.3, 0.4) is 0 Å². The molecular weight excluding hydrogens is 268 g/mol. The summed E-state index contributed by atoms with van der Waals surface area (Å²) in [6.45, 7) is 10.3. The minimum absolute atomic E-state index is 0.0787. The summed E-state index contributed by atoms with van der Waals surface area (Å²) in [6.07, 6.45) is 2.26. The molecule has 0 aromatic rings. The number of carbonyl (C=O) groups excluding carboxylic acids is 2. The van der Waals surface area contributed by atoms with Crippen molar-refractivity contribution in [2.75, 3.05) is 39.3 Å². The van der Waals surface area contributed by atoms with Crippen LogP contribution in [0.5, 0.6) is 0 Å². The summed E-state index contributed by atoms with van der Waals surface area (Å²) in [5.41, 5.74) is 0. The van der Waals surface area contributed by atoms with Crippen molar-refractivity contribution in [3.8, 4) is 0 Å². The first-order valence-corrected chi connectivity index (χ1v) is 8.18. The average molecular weight is 296 g/mol. The molecule has 21 heavy (non-hydrogen) atoms. The lowest BCUT2D eigenvalue weighted by Crippen LogP contribution is -2.56. The van der Waals surface area contributed by atoms with Crippen LogP contribution in [0.4, 0.5) is 0 Å². The molecule has 0 unspecified atom stereocenters. The molecule has 0 radical (unpaired) electrons. The van der Waals surface area contributed by atoms with E-state index in [0.717, 1.165) is 31.8 Å². The quantitative estimate of drug-likeness (QED) is 0.719. The van der Waals surface area contributed by atoms with Gasteiger partial charge in [-0.2, -0.15) is 0 Å². The molecule has 2 fully saturated rings. The molecule has 0 aromatic carbocycles. The van der Waals surface area contributed by atoms with E-state index in [1.54, 1.807) is 6.92 Å². The number of hydrogen-bond donors (Lipinski definition) is 0. The van der Waals surface area contributed by atoms with Crippen molar-refractivity contribution in [1.82, 2.24) is 9.80 Å². The molecule has 2 aliphatic rings. The third-order valence-corrected chi connectivity index (χ3v) is 4.76. The van der Waals surface area contributed by atoms with Crippen LogP contribution >= 0.6 is 0 Å². The molecule has 120 valence electrons. The molecule has 0 atom stereocenters. The maximum atomic E-state index is 12.4. The molecule has 2 aliphatic heterocycles. The van der Waals surface area contributed by atoms with Crippen molar-refractivity contribution in [3.63, 3.8) is 0 Å². The van der Waals surface area contributed by atoms with Crippen LogP contribution < -0.4 is 0 Å². The SMILES string of the molecule is CCOC(=O)CN1CC(C(=O)N2CCC(C(C)C)CC2)C1. The minimum Gasteiger partial charge on any atom is -0.465 e. The molecule has 5 heteroatoms. The standard InChI is InChI=1S/C16H28N2O3/c1-4-21-15(19)11-17-9-14(10-17)16(20)18-7-5-13(6-8-18)12(2)3/h12-14H,4-11H2,1-3H3. The number of rotatable bonds is 5. The zero-order chi connectivity index (χ0) is 15.4. The maximum absolute atomic E-state index is 12.4. The van der Waals surface area contributed by atoms with Crippen molar-refractivity contribution in [3.05, 3.63) is 0 Å². The van der Waals surface area contributed by atoms with Gasteiger partial charge in [0, 0.05) is 26.2 Å². The summed E-state index contributed by atoms with van der Waals surface area (Å²) in [7, 11) is 0. The van der Waals surface area contributed by atoms with Crippen molar-refractivity contribution >= 4 is 11.9 Å². The van der Waals surface area contributed by atoms with E-state index in [1.165, 1.54) is 0 Å². The fourth-order valence-corrected chi connectivity index (χ4v) is 3.29. The highest BCUT2D eigenvalue weighted by Crippen LogP contribution is 2.26. The molecule has 5 nitrogen and oxygen atoms in total. The number of nitrogens with zero attached hydrogens (tertiary/aromatic N) is 2. The zero-order valence-corrected chi connectivity index (χ0v) is 13.5. The average Bonchev–Trinajstić information content (AvgIpc) is 2.42. The molecule has 0 aliphatic carbocycles. The molecule has 0 aromatic heterocycles. The number of ether oxygens (including phenoxy) is 1. The van der Waals surface area contributed by atoms with Gasteiger partial charge >= 0.3 is 5.97 Å². The van der Waals surface area contributed by atoms with E-state index in [1.807, 2.05) is 9.80 Å². The van der Waals surface area contributed by atoms with E-state index in [-0.39, 0.29) is 17.8 Å². The molecule has 1 amide bonds. The fraction of sp³-hybridized carbons (Fsp3) is 0.875. The molecule has 2 rings (SSSR count). The number of esters is 1. The van der Waals surface area contributed by atoms with Gasteiger partial charge in [0.1, 0.15) is 0 Å². The molecular formula is C16H28N2O3. The predicted octanol–water partition coefficient (Wildman–Crippen LogP) is 1.38. The summed E-state index contributed by atoms with van der Waals surface area (Å²) in [6, 6.07) is 0. The third kappa shape index (κ3) is 4.19. The Labute approximate surface area is 127 Å². The third-order valence-electron chi connectivity index (χ3n) is 4.76. The lowest BCUT2D eigenvalue weighted by Gasteiger charge is -2.42. The van der Waals surface area contributed by atoms with Crippen molar-refractivity contribution in [2.24, 2.45) is 17.8 Å². The van der Waals surface area contributed by atoms with Crippen LogP contribution in [-0.4, -0.2) is 61.0 Å². The minimum atomic E-state index is -0.193. The van der Waals surface area contributed by atoms with Gasteiger partial charge in [0.05, 0.1) is 19.1 Å². The van der Waals surface area contributed by atoms with Crippen LogP contribution in [0, 0.1) is 17.8 Å². The van der Waals surface area contributed by atoms with E-state index in [2.05, 4.69) is 13.8 Å². The number of piperidine rings is 1. The second kappa shape index (κ2) is 7.25. The summed E-state index contributed by atoms with van der Waals surface area (Å²) in [5, 5.41) is 0. The largest absolute Gasteiger partial charge is 0.465 e. The summed E-state index contributed by atoms with van der Waals surface area (Å²) >= 11 is 0. The van der Waals surface area contributed by atoms with E-state index in [0.29, 0.717) is 32.2 Å². The Balaban J connectivity index is 1.68. The molecule has 0 N–H and O–H groups in total. The molecule has 2 saturated heterocycles. The predicted molar refractivity (Wildman–Crippen MR) is 80.7 cm³/mol. The van der Waals surface area contributed by atoms with Gasteiger partial charge in [-0.15, -0.1) is 0 Å². The first-order chi connectivity index (χ1) is 10.0. The highest BCUT2D eigenvalue weighted by atomic mass is 16.5. The molecule has 0 spiro atoms. The van der Waals surface area contributed by atoms with Crippen molar-refractivity contribution < 1.29 is 14.3 Å². The van der Waals surface area contributed by atoms with Crippen LogP contribution in [0.2, 0.25) is 0 Å². The van der Waals surface area contributed by atoms with Gasteiger partial charge in [0.2, 0.25) is 5.91 Å². The molecule has 2 heterocycles. The second-order valence-corrected chi connectivity index (χ2v) is 6.60. The van der Waals surface area contributed by atoms with Crippen molar-refractivity contribution in [1.29, 1.82) is 0 Å². The number of amides is 1. The normalized spacial score (nSPS) is 21.4. The smallest absolute Gasteiger partial charge is 0.320 e. The number of carbonyl (C=O) groups is 2. The topological polar surface area (TPSA) is 49.9 Å². The summed E-state index contributed by atoms with van der Waals surface area (Å²) in [5.74, 6) is 1.63. The van der Waals surface area contributed by atoms with E-state index < -0.39 is 0 Å². The fourth-order valence-electron chi connectivity index (χ4n) is 3.29. The molecule has 0 bridgehead atoms. The van der Waals surface area contributed by atoms with Gasteiger partial charge in [0.25, 0.3) is 0 Å². The summed E-state index contributed by atoms with van der Waals surface area (Å²) in [4.78, 5) is 27.8. The monoisotopic (exact) mass is 296 g/mol. The lowest BCUT2D eigenvalue weighted by molar-refractivity contribution is -0.151. The van der Waals surface area contributed by atoms with Gasteiger partial charge in [-0.1, -0.05) is 13.8 Å². The number of likely N-dealkylation sites (tertiary alicyclic amines) is 2. The summed E-state index contributed by atoms with van der Waals surface area (Å²) < 4.78 is 4.92. The van der Waals surface area contributed by atoms with E-state index >= 15 is 0 Å².